The largest absolute Gasteiger partial charge is 0.360 e. The van der Waals surface area contributed by atoms with Gasteiger partial charge in [-0.05, 0) is 39.7 Å². The van der Waals surface area contributed by atoms with Crippen molar-refractivity contribution in [1.29, 1.82) is 0 Å². The fourth-order valence-electron chi connectivity index (χ4n) is 1.90. The molecule has 2 rings (SSSR count). The van der Waals surface area contributed by atoms with E-state index >= 15 is 0 Å². The SMILES string of the molecule is C[Si](C)(C)CCOCn1nc(Br)c2cc(CBr)ccc21. The van der Waals surface area contributed by atoms with E-state index < -0.39 is 8.07 Å². The lowest BCUT2D eigenvalue weighted by atomic mass is 10.2. The lowest BCUT2D eigenvalue weighted by Gasteiger charge is -2.15. The molecule has 2 aromatic rings. The molecule has 0 aliphatic carbocycles. The molecule has 0 spiro atoms. The van der Waals surface area contributed by atoms with Gasteiger partial charge in [0, 0.05) is 25.4 Å². The van der Waals surface area contributed by atoms with Crippen LogP contribution in [0.15, 0.2) is 22.8 Å². The van der Waals surface area contributed by atoms with Crippen molar-refractivity contribution in [2.45, 2.75) is 37.7 Å². The Labute approximate surface area is 138 Å². The molecule has 0 aliphatic heterocycles. The van der Waals surface area contributed by atoms with E-state index in [4.69, 9.17) is 4.74 Å². The second-order valence-electron chi connectivity index (χ2n) is 6.12. The van der Waals surface area contributed by atoms with Crippen molar-refractivity contribution in [3.05, 3.63) is 28.4 Å². The summed E-state index contributed by atoms with van der Waals surface area (Å²) >= 11 is 7.01. The van der Waals surface area contributed by atoms with Gasteiger partial charge in [-0.2, -0.15) is 5.10 Å². The third-order valence-electron chi connectivity index (χ3n) is 3.13. The van der Waals surface area contributed by atoms with E-state index in [1.165, 1.54) is 11.6 Å². The third kappa shape index (κ3) is 4.16. The summed E-state index contributed by atoms with van der Waals surface area (Å²) in [4.78, 5) is 0. The highest BCUT2D eigenvalue weighted by Gasteiger charge is 2.13. The molecular formula is C14H20Br2N2OSi. The van der Waals surface area contributed by atoms with Crippen LogP contribution in [0.4, 0.5) is 0 Å². The highest BCUT2D eigenvalue weighted by Crippen LogP contribution is 2.25. The van der Waals surface area contributed by atoms with E-state index in [1.54, 1.807) is 0 Å². The Hall–Kier alpha value is -0.173. The van der Waals surface area contributed by atoms with Gasteiger partial charge in [0.05, 0.1) is 5.52 Å². The Bertz CT molecular complexity index is 593. The molecule has 0 atom stereocenters. The van der Waals surface area contributed by atoms with Gasteiger partial charge >= 0.3 is 0 Å². The van der Waals surface area contributed by atoms with Crippen LogP contribution >= 0.6 is 31.9 Å². The summed E-state index contributed by atoms with van der Waals surface area (Å²) in [7, 11) is -1.03. The first-order chi connectivity index (χ1) is 9.40. The molecular weight excluding hydrogens is 400 g/mol. The molecule has 6 heteroatoms. The number of fused-ring (bicyclic) bond motifs is 1. The van der Waals surface area contributed by atoms with Crippen LogP contribution in [-0.4, -0.2) is 24.5 Å². The molecule has 0 saturated heterocycles. The van der Waals surface area contributed by atoms with Gasteiger partial charge < -0.3 is 4.74 Å². The fourth-order valence-corrected chi connectivity index (χ4v) is 3.51. The lowest BCUT2D eigenvalue weighted by molar-refractivity contribution is 0.0814. The quantitative estimate of drug-likeness (QED) is 0.374. The maximum atomic E-state index is 5.78. The zero-order chi connectivity index (χ0) is 14.8. The number of rotatable bonds is 6. The van der Waals surface area contributed by atoms with Crippen LogP contribution in [0.2, 0.25) is 25.7 Å². The summed E-state index contributed by atoms with van der Waals surface area (Å²) in [5, 5.41) is 6.49. The van der Waals surface area contributed by atoms with Crippen LogP contribution in [0.3, 0.4) is 0 Å². The van der Waals surface area contributed by atoms with Gasteiger partial charge in [0.15, 0.2) is 0 Å². The van der Waals surface area contributed by atoms with Crippen LogP contribution in [0.5, 0.6) is 0 Å². The molecule has 110 valence electrons. The Balaban J connectivity index is 2.07. The zero-order valence-corrected chi connectivity index (χ0v) is 16.3. The van der Waals surface area contributed by atoms with Crippen molar-refractivity contribution in [1.82, 2.24) is 9.78 Å². The standard InChI is InChI=1S/C14H20Br2N2OSi/c1-20(2,3)7-6-19-10-18-13-5-4-11(9-15)8-12(13)14(16)17-18/h4-5,8H,6-7,9-10H2,1-3H3. The topological polar surface area (TPSA) is 27.1 Å². The fraction of sp³-hybridized carbons (Fsp3) is 0.500. The second-order valence-corrected chi connectivity index (χ2v) is 13.1. The molecule has 0 N–H and O–H groups in total. The van der Waals surface area contributed by atoms with Crippen molar-refractivity contribution in [3.63, 3.8) is 0 Å². The van der Waals surface area contributed by atoms with Gasteiger partial charge in [0.2, 0.25) is 0 Å². The Morgan fingerprint density at radius 1 is 1.30 bits per heavy atom. The van der Waals surface area contributed by atoms with Gasteiger partial charge in [-0.3, -0.25) is 0 Å². The monoisotopic (exact) mass is 418 g/mol. The molecule has 0 saturated carbocycles. The van der Waals surface area contributed by atoms with E-state index in [9.17, 15) is 0 Å². The normalized spacial score (nSPS) is 12.2. The minimum atomic E-state index is -1.03. The van der Waals surface area contributed by atoms with Crippen LogP contribution in [-0.2, 0) is 16.8 Å². The van der Waals surface area contributed by atoms with E-state index in [0.717, 1.165) is 27.4 Å². The number of hydrogen-bond donors (Lipinski definition) is 0. The Morgan fingerprint density at radius 2 is 2.05 bits per heavy atom. The maximum absolute atomic E-state index is 5.78. The number of halogens is 2. The maximum Gasteiger partial charge on any atom is 0.140 e. The van der Waals surface area contributed by atoms with Crippen LogP contribution in [0.1, 0.15) is 5.56 Å². The van der Waals surface area contributed by atoms with E-state index in [0.29, 0.717) is 6.73 Å². The molecule has 0 aliphatic rings. The first-order valence-electron chi connectivity index (χ1n) is 6.69. The number of aromatic nitrogens is 2. The number of ether oxygens (including phenoxy) is 1. The predicted molar refractivity (Wildman–Crippen MR) is 94.2 cm³/mol. The molecule has 0 fully saturated rings. The van der Waals surface area contributed by atoms with Crippen molar-refractivity contribution in [3.8, 4) is 0 Å². The van der Waals surface area contributed by atoms with Crippen LogP contribution < -0.4 is 0 Å². The van der Waals surface area contributed by atoms with Gasteiger partial charge in [-0.1, -0.05) is 41.6 Å². The molecule has 0 radical (unpaired) electrons. The van der Waals surface area contributed by atoms with Gasteiger partial charge in [0.1, 0.15) is 11.3 Å². The van der Waals surface area contributed by atoms with Crippen molar-refractivity contribution < 1.29 is 4.74 Å². The van der Waals surface area contributed by atoms with Crippen LogP contribution in [0.25, 0.3) is 10.9 Å². The molecule has 1 aromatic heterocycles. The third-order valence-corrected chi connectivity index (χ3v) is 6.07. The van der Waals surface area contributed by atoms with E-state index in [-0.39, 0.29) is 0 Å². The predicted octanol–water partition coefficient (Wildman–Crippen LogP) is 5.01. The smallest absolute Gasteiger partial charge is 0.140 e. The highest BCUT2D eigenvalue weighted by atomic mass is 79.9. The molecule has 0 bridgehead atoms. The van der Waals surface area contributed by atoms with Crippen molar-refractivity contribution in [2.75, 3.05) is 6.61 Å². The molecule has 0 unspecified atom stereocenters. The minimum absolute atomic E-state index is 0.514. The zero-order valence-electron chi connectivity index (χ0n) is 12.1. The van der Waals surface area contributed by atoms with Crippen molar-refractivity contribution >= 4 is 50.8 Å². The van der Waals surface area contributed by atoms with Gasteiger partial charge in [-0.25, -0.2) is 4.68 Å². The van der Waals surface area contributed by atoms with E-state index in [2.05, 4.69) is 74.8 Å². The molecule has 20 heavy (non-hydrogen) atoms. The molecule has 3 nitrogen and oxygen atoms in total. The second kappa shape index (κ2) is 6.73. The summed E-state index contributed by atoms with van der Waals surface area (Å²) < 4.78 is 8.58. The summed E-state index contributed by atoms with van der Waals surface area (Å²) in [6, 6.07) is 7.55. The average Bonchev–Trinajstić information content (AvgIpc) is 2.70. The first kappa shape index (κ1) is 16.2. The number of benzene rings is 1. The lowest BCUT2D eigenvalue weighted by Crippen LogP contribution is -2.22. The highest BCUT2D eigenvalue weighted by molar-refractivity contribution is 9.10. The molecule has 1 heterocycles. The Kier molecular flexibility index (Phi) is 5.45. The number of hydrogen-bond acceptors (Lipinski definition) is 2. The average molecular weight is 420 g/mol. The van der Waals surface area contributed by atoms with E-state index in [1.807, 2.05) is 4.68 Å². The van der Waals surface area contributed by atoms with Gasteiger partial charge in [-0.15, -0.1) is 0 Å². The first-order valence-corrected chi connectivity index (χ1v) is 12.3. The summed E-state index contributed by atoms with van der Waals surface area (Å²) in [5.41, 5.74) is 2.35. The van der Waals surface area contributed by atoms with Crippen molar-refractivity contribution in [2.24, 2.45) is 0 Å². The minimum Gasteiger partial charge on any atom is -0.360 e. The molecule has 0 amide bonds. The number of nitrogens with zero attached hydrogens (tertiary/aromatic N) is 2. The summed E-state index contributed by atoms with van der Waals surface area (Å²) in [6.07, 6.45) is 0. The number of alkyl halides is 1. The van der Waals surface area contributed by atoms with Crippen LogP contribution in [0, 0.1) is 0 Å². The Morgan fingerprint density at radius 3 is 2.70 bits per heavy atom. The van der Waals surface area contributed by atoms with Gasteiger partial charge in [0.25, 0.3) is 0 Å². The summed E-state index contributed by atoms with van der Waals surface area (Å²) in [5.74, 6) is 0. The summed E-state index contributed by atoms with van der Waals surface area (Å²) in [6.45, 7) is 8.41. The molecule has 1 aromatic carbocycles.